The predicted octanol–water partition coefficient (Wildman–Crippen LogP) is -0.230. The Labute approximate surface area is 111 Å². The molecule has 1 saturated carbocycles. The lowest BCUT2D eigenvalue weighted by atomic mass is 10.0. The summed E-state index contributed by atoms with van der Waals surface area (Å²) in [6, 6.07) is -1.28. The van der Waals surface area contributed by atoms with Crippen molar-refractivity contribution in [1.29, 1.82) is 0 Å². The van der Waals surface area contributed by atoms with Crippen LogP contribution >= 0.6 is 0 Å². The van der Waals surface area contributed by atoms with E-state index in [-0.39, 0.29) is 11.9 Å². The Morgan fingerprint density at radius 1 is 1.26 bits per heavy atom. The van der Waals surface area contributed by atoms with Gasteiger partial charge in [-0.2, -0.15) is 0 Å². The highest BCUT2D eigenvalue weighted by Gasteiger charge is 2.35. The minimum absolute atomic E-state index is 0.101. The molecule has 2 rings (SSSR count). The van der Waals surface area contributed by atoms with Crippen molar-refractivity contribution >= 4 is 17.9 Å². The van der Waals surface area contributed by atoms with E-state index < -0.39 is 24.0 Å². The van der Waals surface area contributed by atoms with Crippen molar-refractivity contribution in [2.45, 2.75) is 37.8 Å². The van der Waals surface area contributed by atoms with Gasteiger partial charge in [0.2, 0.25) is 5.91 Å². The molecule has 3 amide bonds. The fraction of sp³-hybridized carbons (Fsp3) is 0.750. The summed E-state index contributed by atoms with van der Waals surface area (Å²) in [5.74, 6) is -1.50. The van der Waals surface area contributed by atoms with Crippen LogP contribution in [-0.2, 0) is 9.59 Å². The Bertz CT molecular complexity index is 398. The number of carbonyl (C=O) groups is 3. The van der Waals surface area contributed by atoms with Gasteiger partial charge in [-0.15, -0.1) is 0 Å². The van der Waals surface area contributed by atoms with Gasteiger partial charge < -0.3 is 20.6 Å². The molecule has 3 N–H and O–H groups in total. The van der Waals surface area contributed by atoms with Crippen LogP contribution < -0.4 is 10.6 Å². The van der Waals surface area contributed by atoms with Gasteiger partial charge in [-0.25, -0.2) is 4.79 Å². The molecule has 106 valence electrons. The lowest BCUT2D eigenvalue weighted by molar-refractivity contribution is -0.142. The quantitative estimate of drug-likeness (QED) is 0.659. The number of aliphatic carboxylic acids is 1. The van der Waals surface area contributed by atoms with E-state index >= 15 is 0 Å². The van der Waals surface area contributed by atoms with Gasteiger partial charge in [-0.1, -0.05) is 6.42 Å². The highest BCUT2D eigenvalue weighted by molar-refractivity contribution is 5.88. The molecule has 2 aliphatic rings. The average Bonchev–Trinajstić information content (AvgIpc) is 2.91. The number of hydrogen-bond acceptors (Lipinski definition) is 3. The fourth-order valence-electron chi connectivity index (χ4n) is 2.75. The number of amides is 3. The molecule has 3 atom stereocenters. The number of carboxylic acid groups (broad SMARTS) is 1. The summed E-state index contributed by atoms with van der Waals surface area (Å²) in [5.41, 5.74) is 0. The number of urea groups is 1. The number of likely N-dealkylation sites (tertiary alicyclic amines) is 1. The summed E-state index contributed by atoms with van der Waals surface area (Å²) >= 11 is 0. The summed E-state index contributed by atoms with van der Waals surface area (Å²) in [4.78, 5) is 36.0. The van der Waals surface area contributed by atoms with E-state index in [9.17, 15) is 14.4 Å². The van der Waals surface area contributed by atoms with E-state index in [2.05, 4.69) is 10.6 Å². The Morgan fingerprint density at radius 3 is 2.58 bits per heavy atom. The third kappa shape index (κ3) is 2.97. The molecule has 0 aromatic heterocycles. The van der Waals surface area contributed by atoms with Crippen molar-refractivity contribution < 1.29 is 19.5 Å². The zero-order valence-corrected chi connectivity index (χ0v) is 10.9. The van der Waals surface area contributed by atoms with Crippen molar-refractivity contribution in [2.75, 3.05) is 13.6 Å². The van der Waals surface area contributed by atoms with Crippen molar-refractivity contribution in [1.82, 2.24) is 15.5 Å². The molecule has 0 aromatic carbocycles. The molecule has 0 aromatic rings. The first-order chi connectivity index (χ1) is 8.99. The van der Waals surface area contributed by atoms with Gasteiger partial charge in [-0.3, -0.25) is 9.59 Å². The number of nitrogens with zero attached hydrogens (tertiary/aromatic N) is 1. The average molecular weight is 269 g/mol. The smallest absolute Gasteiger partial charge is 0.315 e. The predicted molar refractivity (Wildman–Crippen MR) is 66.5 cm³/mol. The number of carbonyl (C=O) groups excluding carboxylic acids is 2. The van der Waals surface area contributed by atoms with Crippen LogP contribution in [0.5, 0.6) is 0 Å². The molecule has 1 heterocycles. The molecule has 0 spiro atoms. The highest BCUT2D eigenvalue weighted by Crippen LogP contribution is 2.25. The first kappa shape index (κ1) is 13.6. The maximum absolute atomic E-state index is 11.8. The maximum Gasteiger partial charge on any atom is 0.315 e. The fourth-order valence-corrected chi connectivity index (χ4v) is 2.75. The van der Waals surface area contributed by atoms with Crippen LogP contribution in [0.25, 0.3) is 0 Å². The van der Waals surface area contributed by atoms with Gasteiger partial charge in [0, 0.05) is 19.6 Å². The highest BCUT2D eigenvalue weighted by atomic mass is 16.4. The van der Waals surface area contributed by atoms with E-state index in [1.807, 2.05) is 0 Å². The Hall–Kier alpha value is -1.79. The molecule has 0 bridgehead atoms. The largest absolute Gasteiger partial charge is 0.481 e. The third-order valence-electron chi connectivity index (χ3n) is 3.88. The van der Waals surface area contributed by atoms with Gasteiger partial charge in [0.25, 0.3) is 0 Å². The lowest BCUT2D eigenvalue weighted by Gasteiger charge is -2.19. The molecule has 1 aliphatic carbocycles. The summed E-state index contributed by atoms with van der Waals surface area (Å²) in [6.07, 6.45) is 2.65. The van der Waals surface area contributed by atoms with Crippen molar-refractivity contribution in [3.8, 4) is 0 Å². The zero-order chi connectivity index (χ0) is 14.0. The summed E-state index contributed by atoms with van der Waals surface area (Å²) < 4.78 is 0. The molecule has 3 unspecified atom stereocenters. The first-order valence-corrected chi connectivity index (χ1v) is 6.54. The van der Waals surface area contributed by atoms with Crippen molar-refractivity contribution in [3.05, 3.63) is 0 Å². The van der Waals surface area contributed by atoms with Gasteiger partial charge in [0.05, 0.1) is 5.92 Å². The normalized spacial score (nSPS) is 30.5. The topological polar surface area (TPSA) is 98.7 Å². The van der Waals surface area contributed by atoms with E-state index in [4.69, 9.17) is 5.11 Å². The minimum atomic E-state index is -0.875. The molecule has 19 heavy (non-hydrogen) atoms. The van der Waals surface area contributed by atoms with Gasteiger partial charge in [0.1, 0.15) is 6.04 Å². The summed E-state index contributed by atoms with van der Waals surface area (Å²) in [6.45, 7) is 0.630. The van der Waals surface area contributed by atoms with Gasteiger partial charge in [-0.05, 0) is 19.3 Å². The number of likely N-dealkylation sites (N-methyl/N-ethyl adjacent to an activating group) is 1. The van der Waals surface area contributed by atoms with E-state index in [1.54, 1.807) is 11.9 Å². The monoisotopic (exact) mass is 269 g/mol. The SMILES string of the molecule is CN1CCC(NC(=O)NC2CCCC2C(=O)O)C1=O. The first-order valence-electron chi connectivity index (χ1n) is 6.54. The molecule has 1 saturated heterocycles. The van der Waals surface area contributed by atoms with Crippen LogP contribution in [0.4, 0.5) is 4.79 Å². The molecule has 7 nitrogen and oxygen atoms in total. The number of carboxylic acids is 1. The number of hydrogen-bond donors (Lipinski definition) is 3. The zero-order valence-electron chi connectivity index (χ0n) is 10.9. The second-order valence-electron chi connectivity index (χ2n) is 5.20. The summed E-state index contributed by atoms with van der Waals surface area (Å²) in [7, 11) is 1.69. The number of rotatable bonds is 3. The van der Waals surface area contributed by atoms with E-state index in [0.717, 1.165) is 6.42 Å². The minimum Gasteiger partial charge on any atom is -0.481 e. The summed E-state index contributed by atoms with van der Waals surface area (Å²) in [5, 5.41) is 14.3. The molecular formula is C12H19N3O4. The molecule has 7 heteroatoms. The molecular weight excluding hydrogens is 250 g/mol. The Kier molecular flexibility index (Phi) is 3.92. The lowest BCUT2D eigenvalue weighted by Crippen LogP contribution is -2.50. The number of nitrogens with one attached hydrogen (secondary N) is 2. The van der Waals surface area contributed by atoms with E-state index in [0.29, 0.717) is 25.8 Å². The van der Waals surface area contributed by atoms with Gasteiger partial charge in [0.15, 0.2) is 0 Å². The van der Waals surface area contributed by atoms with Crippen LogP contribution in [0.15, 0.2) is 0 Å². The third-order valence-corrected chi connectivity index (χ3v) is 3.88. The standard InChI is InChI=1S/C12H19N3O4/c1-15-6-5-9(10(15)16)14-12(19)13-8-4-2-3-7(8)11(17)18/h7-9H,2-6H2,1H3,(H,17,18)(H2,13,14,19). The van der Waals surface area contributed by atoms with Crippen LogP contribution in [0.3, 0.4) is 0 Å². The molecule has 0 radical (unpaired) electrons. The Morgan fingerprint density at radius 2 is 2.00 bits per heavy atom. The van der Waals surface area contributed by atoms with Crippen LogP contribution in [-0.4, -0.2) is 53.6 Å². The van der Waals surface area contributed by atoms with Crippen LogP contribution in [0.2, 0.25) is 0 Å². The molecule has 2 fully saturated rings. The van der Waals surface area contributed by atoms with E-state index in [1.165, 1.54) is 0 Å². The van der Waals surface area contributed by atoms with Gasteiger partial charge >= 0.3 is 12.0 Å². The second-order valence-corrected chi connectivity index (χ2v) is 5.20. The van der Waals surface area contributed by atoms with Crippen molar-refractivity contribution in [3.63, 3.8) is 0 Å². The maximum atomic E-state index is 11.8. The van der Waals surface area contributed by atoms with Crippen molar-refractivity contribution in [2.24, 2.45) is 5.92 Å². The van der Waals surface area contributed by atoms with Crippen LogP contribution in [0.1, 0.15) is 25.7 Å². The second kappa shape index (κ2) is 5.46. The van der Waals surface area contributed by atoms with Crippen LogP contribution in [0, 0.1) is 5.92 Å². The Balaban J connectivity index is 1.84. The molecule has 1 aliphatic heterocycles.